The first kappa shape index (κ1) is 13.6. The van der Waals surface area contributed by atoms with Crippen molar-refractivity contribution >= 4 is 11.4 Å². The van der Waals surface area contributed by atoms with E-state index in [1.165, 1.54) is 0 Å². The number of nitrogens with one attached hydrogen (secondary N) is 1. The molecule has 0 aliphatic rings. The maximum atomic E-state index is 6.12. The fraction of sp³-hybridized carbons (Fsp3) is 0.538. The van der Waals surface area contributed by atoms with E-state index in [2.05, 4.69) is 10.2 Å². The molecule has 0 fully saturated rings. The lowest BCUT2D eigenvalue weighted by Gasteiger charge is -2.23. The monoisotopic (exact) mass is 237 g/mol. The number of rotatable bonds is 6. The SMILES string of the molecule is CNCCN(C)c1cccc(OC(C)C)c1N. The van der Waals surface area contributed by atoms with Gasteiger partial charge >= 0.3 is 0 Å². The summed E-state index contributed by atoms with van der Waals surface area (Å²) in [5.41, 5.74) is 7.84. The minimum absolute atomic E-state index is 0.134. The van der Waals surface area contributed by atoms with Crippen molar-refractivity contribution in [3.63, 3.8) is 0 Å². The van der Waals surface area contributed by atoms with Gasteiger partial charge < -0.3 is 20.7 Å². The number of benzene rings is 1. The molecule has 17 heavy (non-hydrogen) atoms. The summed E-state index contributed by atoms with van der Waals surface area (Å²) in [6.07, 6.45) is 0.134. The molecule has 0 aliphatic carbocycles. The van der Waals surface area contributed by atoms with Crippen LogP contribution in [-0.2, 0) is 0 Å². The standard InChI is InChI=1S/C13H23N3O/c1-10(2)17-12-7-5-6-11(13(12)14)16(4)9-8-15-3/h5-7,10,15H,8-9,14H2,1-4H3. The van der Waals surface area contributed by atoms with E-state index in [0.29, 0.717) is 5.69 Å². The zero-order chi connectivity index (χ0) is 12.8. The fourth-order valence-electron chi connectivity index (χ4n) is 1.62. The maximum absolute atomic E-state index is 6.12. The molecule has 4 nitrogen and oxygen atoms in total. The van der Waals surface area contributed by atoms with Gasteiger partial charge in [0.2, 0.25) is 0 Å². The van der Waals surface area contributed by atoms with Gasteiger partial charge in [0.05, 0.1) is 17.5 Å². The second-order valence-corrected chi connectivity index (χ2v) is 4.38. The summed E-state index contributed by atoms with van der Waals surface area (Å²) in [4.78, 5) is 2.12. The van der Waals surface area contributed by atoms with E-state index in [1.54, 1.807) is 0 Å². The molecule has 0 aliphatic heterocycles. The molecule has 0 radical (unpaired) electrons. The number of nitrogen functional groups attached to an aromatic ring is 1. The molecule has 0 aromatic heterocycles. The van der Waals surface area contributed by atoms with Gasteiger partial charge in [-0.05, 0) is 33.0 Å². The molecule has 0 saturated heterocycles. The van der Waals surface area contributed by atoms with Crippen molar-refractivity contribution in [3.05, 3.63) is 18.2 Å². The summed E-state index contributed by atoms with van der Waals surface area (Å²) in [5, 5.41) is 3.12. The van der Waals surface area contributed by atoms with Crippen molar-refractivity contribution < 1.29 is 4.74 Å². The molecule has 0 atom stereocenters. The Kier molecular flexibility index (Phi) is 5.10. The van der Waals surface area contributed by atoms with Gasteiger partial charge in [0, 0.05) is 20.1 Å². The quantitative estimate of drug-likeness (QED) is 0.740. The summed E-state index contributed by atoms with van der Waals surface area (Å²) in [6, 6.07) is 5.89. The van der Waals surface area contributed by atoms with Gasteiger partial charge in [0.1, 0.15) is 5.75 Å². The van der Waals surface area contributed by atoms with Crippen LogP contribution in [0.15, 0.2) is 18.2 Å². The third-order valence-corrected chi connectivity index (χ3v) is 2.51. The molecule has 96 valence electrons. The number of likely N-dealkylation sites (N-methyl/N-ethyl adjacent to an activating group) is 2. The Morgan fingerprint density at radius 1 is 1.41 bits per heavy atom. The molecule has 0 saturated carbocycles. The summed E-state index contributed by atoms with van der Waals surface area (Å²) < 4.78 is 5.67. The van der Waals surface area contributed by atoms with Crippen molar-refractivity contribution in [2.24, 2.45) is 0 Å². The van der Waals surface area contributed by atoms with E-state index in [-0.39, 0.29) is 6.10 Å². The number of anilines is 2. The summed E-state index contributed by atoms with van der Waals surface area (Å²) in [7, 11) is 3.97. The lowest BCUT2D eigenvalue weighted by Crippen LogP contribution is -2.27. The van der Waals surface area contributed by atoms with Crippen LogP contribution in [0, 0.1) is 0 Å². The highest BCUT2D eigenvalue weighted by atomic mass is 16.5. The molecular weight excluding hydrogens is 214 g/mol. The number of ether oxygens (including phenoxy) is 1. The zero-order valence-electron chi connectivity index (χ0n) is 11.2. The first-order chi connectivity index (χ1) is 8.06. The van der Waals surface area contributed by atoms with Crippen LogP contribution in [0.2, 0.25) is 0 Å². The molecule has 1 rings (SSSR count). The molecule has 3 N–H and O–H groups in total. The van der Waals surface area contributed by atoms with E-state index in [1.807, 2.05) is 46.1 Å². The Hall–Kier alpha value is -1.42. The average Bonchev–Trinajstić information content (AvgIpc) is 2.28. The minimum atomic E-state index is 0.134. The van der Waals surface area contributed by atoms with E-state index in [0.717, 1.165) is 24.5 Å². The van der Waals surface area contributed by atoms with Crippen LogP contribution in [0.25, 0.3) is 0 Å². The molecule has 0 unspecified atom stereocenters. The number of nitrogens with two attached hydrogens (primary N) is 1. The Labute approximate surface area is 104 Å². The molecule has 0 amide bonds. The lowest BCUT2D eigenvalue weighted by atomic mass is 10.2. The molecule has 1 aromatic carbocycles. The van der Waals surface area contributed by atoms with Crippen LogP contribution in [-0.4, -0.2) is 33.3 Å². The second-order valence-electron chi connectivity index (χ2n) is 4.38. The van der Waals surface area contributed by atoms with E-state index in [4.69, 9.17) is 10.5 Å². The summed E-state index contributed by atoms with van der Waals surface area (Å²) in [5.74, 6) is 0.758. The Morgan fingerprint density at radius 3 is 2.71 bits per heavy atom. The molecular formula is C13H23N3O. The van der Waals surface area contributed by atoms with Gasteiger partial charge in [-0.25, -0.2) is 0 Å². The molecule has 0 bridgehead atoms. The van der Waals surface area contributed by atoms with Crippen LogP contribution >= 0.6 is 0 Å². The van der Waals surface area contributed by atoms with Gasteiger partial charge in [0.15, 0.2) is 0 Å². The van der Waals surface area contributed by atoms with Crippen molar-refractivity contribution in [2.75, 3.05) is 37.8 Å². The van der Waals surface area contributed by atoms with Gasteiger partial charge in [-0.1, -0.05) is 6.07 Å². The van der Waals surface area contributed by atoms with Crippen molar-refractivity contribution in [2.45, 2.75) is 20.0 Å². The van der Waals surface area contributed by atoms with Crippen molar-refractivity contribution in [3.8, 4) is 5.75 Å². The predicted octanol–water partition coefficient (Wildman–Crippen LogP) is 1.71. The zero-order valence-corrected chi connectivity index (χ0v) is 11.2. The predicted molar refractivity (Wildman–Crippen MR) is 73.8 cm³/mol. The normalized spacial score (nSPS) is 10.6. The van der Waals surface area contributed by atoms with Crippen molar-refractivity contribution in [1.29, 1.82) is 0 Å². The van der Waals surface area contributed by atoms with Crippen LogP contribution in [0.1, 0.15) is 13.8 Å². The largest absolute Gasteiger partial charge is 0.489 e. The smallest absolute Gasteiger partial charge is 0.144 e. The van der Waals surface area contributed by atoms with Crippen LogP contribution in [0.5, 0.6) is 5.75 Å². The number of para-hydroxylation sites is 1. The van der Waals surface area contributed by atoms with Gasteiger partial charge in [-0.2, -0.15) is 0 Å². The fourth-order valence-corrected chi connectivity index (χ4v) is 1.62. The van der Waals surface area contributed by atoms with E-state index >= 15 is 0 Å². The summed E-state index contributed by atoms with van der Waals surface area (Å²) in [6.45, 7) is 5.82. The molecule has 0 heterocycles. The first-order valence-corrected chi connectivity index (χ1v) is 5.97. The van der Waals surface area contributed by atoms with Gasteiger partial charge in [-0.15, -0.1) is 0 Å². The number of hydrogen-bond acceptors (Lipinski definition) is 4. The minimum Gasteiger partial charge on any atom is -0.489 e. The van der Waals surface area contributed by atoms with Gasteiger partial charge in [-0.3, -0.25) is 0 Å². The molecule has 0 spiro atoms. The maximum Gasteiger partial charge on any atom is 0.144 e. The van der Waals surface area contributed by atoms with Gasteiger partial charge in [0.25, 0.3) is 0 Å². The van der Waals surface area contributed by atoms with Crippen LogP contribution in [0.3, 0.4) is 0 Å². The average molecular weight is 237 g/mol. The van der Waals surface area contributed by atoms with E-state index in [9.17, 15) is 0 Å². The second kappa shape index (κ2) is 6.35. The highest BCUT2D eigenvalue weighted by Crippen LogP contribution is 2.32. The number of nitrogens with zero attached hydrogens (tertiary/aromatic N) is 1. The Balaban J connectivity index is 2.85. The first-order valence-electron chi connectivity index (χ1n) is 5.97. The lowest BCUT2D eigenvalue weighted by molar-refractivity contribution is 0.244. The topological polar surface area (TPSA) is 50.5 Å². The van der Waals surface area contributed by atoms with Crippen LogP contribution in [0.4, 0.5) is 11.4 Å². The van der Waals surface area contributed by atoms with Crippen molar-refractivity contribution in [1.82, 2.24) is 5.32 Å². The van der Waals surface area contributed by atoms with E-state index < -0.39 is 0 Å². The third kappa shape index (κ3) is 3.82. The Morgan fingerprint density at radius 2 is 2.12 bits per heavy atom. The highest BCUT2D eigenvalue weighted by molar-refractivity contribution is 5.73. The number of hydrogen-bond donors (Lipinski definition) is 2. The third-order valence-electron chi connectivity index (χ3n) is 2.51. The molecule has 1 aromatic rings. The Bertz CT molecular complexity index is 353. The van der Waals surface area contributed by atoms with Crippen LogP contribution < -0.4 is 20.7 Å². The highest BCUT2D eigenvalue weighted by Gasteiger charge is 2.10. The molecule has 4 heteroatoms. The summed E-state index contributed by atoms with van der Waals surface area (Å²) >= 11 is 0.